The van der Waals surface area contributed by atoms with Crippen molar-refractivity contribution in [2.75, 3.05) is 0 Å². The molecule has 0 amide bonds. The third kappa shape index (κ3) is 10.5. The van der Waals surface area contributed by atoms with E-state index in [1.165, 1.54) is 18.2 Å². The fourth-order valence-electron chi connectivity index (χ4n) is 7.90. The van der Waals surface area contributed by atoms with Gasteiger partial charge >= 0.3 is 0 Å². The van der Waals surface area contributed by atoms with E-state index in [0.717, 1.165) is 127 Å². The van der Waals surface area contributed by atoms with E-state index < -0.39 is 17.5 Å². The lowest BCUT2D eigenvalue weighted by Gasteiger charge is -2.12. The zero-order valence-electron chi connectivity index (χ0n) is 35.1. The maximum Gasteiger partial charge on any atom is 0.149 e. The number of fused-ring (bicyclic) bond motifs is 3. The van der Waals surface area contributed by atoms with Gasteiger partial charge in [-0.05, 0) is 143 Å². The molecule has 0 fully saturated rings. The van der Waals surface area contributed by atoms with Crippen molar-refractivity contribution in [2.45, 2.75) is 97.8 Å². The number of halogens is 3. The highest BCUT2D eigenvalue weighted by Gasteiger charge is 2.14. The normalized spacial score (nSPS) is 12.1. The summed E-state index contributed by atoms with van der Waals surface area (Å²) in [6.07, 6.45) is 17.6. The second-order valence-corrected chi connectivity index (χ2v) is 15.9. The van der Waals surface area contributed by atoms with Crippen LogP contribution in [0.4, 0.5) is 30.2 Å². The number of rotatable bonds is 12. The number of aliphatic imine (C=N–C) groups is 3. The van der Waals surface area contributed by atoms with Crippen LogP contribution in [0.5, 0.6) is 0 Å². The minimum absolute atomic E-state index is 0.189. The number of unbranched alkanes of at least 4 members (excludes halogenated alkanes) is 6. The Labute approximate surface area is 353 Å². The summed E-state index contributed by atoms with van der Waals surface area (Å²) in [6.45, 7) is 6.54. The van der Waals surface area contributed by atoms with Gasteiger partial charge in [-0.15, -0.1) is 0 Å². The molecule has 306 valence electrons. The predicted molar refractivity (Wildman–Crippen MR) is 247 cm³/mol. The quantitative estimate of drug-likeness (QED) is 0.110. The Kier molecular flexibility index (Phi) is 14.4. The fourth-order valence-corrected chi connectivity index (χ4v) is 7.90. The molecule has 4 aliphatic heterocycles. The highest BCUT2D eigenvalue weighted by atomic mass is 19.1. The molecule has 0 radical (unpaired) electrons. The monoisotopic (exact) mass is 801 g/mol. The standard InChI is InChI=1S/C54H54F3N3/c1-4-7-10-13-37-16-22-46-40-19-25-53(49(55)31-40)59-35-44-29-39(15-12-9-6-3)18-24-48(44)42-21-27-54(51(57)33-42)60-36-45-30-38(14-11-8-5-2)17-23-47(45)41-20-26-52(50(56)32-41)58-34-43(46)28-37/h16-36H,4-15H2,1-3H3. The zero-order valence-corrected chi connectivity index (χ0v) is 35.1. The molecule has 0 aromatic heterocycles. The first kappa shape index (κ1) is 42.3. The molecule has 3 nitrogen and oxygen atoms in total. The summed E-state index contributed by atoms with van der Waals surface area (Å²) in [6, 6.07) is 33.6. The van der Waals surface area contributed by atoms with Crippen molar-refractivity contribution in [3.63, 3.8) is 0 Å². The number of aryl methyl sites for hydroxylation is 3. The summed E-state index contributed by atoms with van der Waals surface area (Å²) in [5, 5.41) is 0. The smallest absolute Gasteiger partial charge is 0.149 e. The largest absolute Gasteiger partial charge is 0.253 e. The number of hydrogen-bond acceptors (Lipinski definition) is 3. The van der Waals surface area contributed by atoms with Gasteiger partial charge in [0, 0.05) is 35.3 Å². The van der Waals surface area contributed by atoms with Gasteiger partial charge in [0.2, 0.25) is 0 Å². The van der Waals surface area contributed by atoms with Gasteiger partial charge in [0.25, 0.3) is 0 Å². The zero-order chi connectivity index (χ0) is 41.8. The molecule has 0 spiro atoms. The van der Waals surface area contributed by atoms with Crippen molar-refractivity contribution in [3.8, 4) is 33.4 Å². The van der Waals surface area contributed by atoms with Gasteiger partial charge in [0.1, 0.15) is 17.5 Å². The van der Waals surface area contributed by atoms with Gasteiger partial charge in [-0.2, -0.15) is 0 Å². The molecule has 6 bridgehead atoms. The maximum atomic E-state index is 16.0. The Hall–Kier alpha value is -5.88. The SMILES string of the molecule is CCCCCc1ccc2c(c1)C=Nc1ccc(cc1F)-c1ccc(CCCCC)cc1C=Nc1ccc(cc1F)-c1ccc(CCCCC)cc1C=Nc1ccc-2cc1F. The molecular weight excluding hydrogens is 748 g/mol. The van der Waals surface area contributed by atoms with Crippen LogP contribution in [0.2, 0.25) is 0 Å². The molecular formula is C54H54F3N3. The minimum atomic E-state index is -0.475. The van der Waals surface area contributed by atoms with Crippen molar-refractivity contribution < 1.29 is 13.2 Å². The van der Waals surface area contributed by atoms with Gasteiger partial charge < -0.3 is 0 Å². The molecule has 0 atom stereocenters. The average molecular weight is 802 g/mol. The third-order valence-corrected chi connectivity index (χ3v) is 11.4. The lowest BCUT2D eigenvalue weighted by Crippen LogP contribution is -1.96. The van der Waals surface area contributed by atoms with Crippen LogP contribution in [0.15, 0.2) is 124 Å². The van der Waals surface area contributed by atoms with E-state index in [9.17, 15) is 0 Å². The number of hydrogen-bond donors (Lipinski definition) is 0. The van der Waals surface area contributed by atoms with E-state index in [1.54, 1.807) is 36.8 Å². The van der Waals surface area contributed by atoms with Gasteiger partial charge in [-0.3, -0.25) is 15.0 Å². The van der Waals surface area contributed by atoms with Crippen molar-refractivity contribution in [2.24, 2.45) is 15.0 Å². The molecule has 0 saturated carbocycles. The topological polar surface area (TPSA) is 37.1 Å². The fraction of sp³-hybridized carbons (Fsp3) is 0.278. The summed E-state index contributed by atoms with van der Waals surface area (Å²) in [7, 11) is 0. The molecule has 4 heterocycles. The van der Waals surface area contributed by atoms with Crippen LogP contribution in [0.1, 0.15) is 112 Å². The Balaban J connectivity index is 1.38. The van der Waals surface area contributed by atoms with E-state index in [1.807, 2.05) is 36.4 Å². The second-order valence-electron chi connectivity index (χ2n) is 15.9. The first-order valence-corrected chi connectivity index (χ1v) is 21.7. The molecule has 0 N–H and O–H groups in total. The van der Waals surface area contributed by atoms with Crippen molar-refractivity contribution in [1.82, 2.24) is 0 Å². The molecule has 0 aliphatic carbocycles. The minimum Gasteiger partial charge on any atom is -0.253 e. The molecule has 6 aromatic carbocycles. The second kappa shape index (κ2) is 20.4. The Morgan fingerprint density at radius 3 is 0.917 bits per heavy atom. The maximum absolute atomic E-state index is 16.0. The van der Waals surface area contributed by atoms with Crippen LogP contribution in [-0.4, -0.2) is 18.6 Å². The van der Waals surface area contributed by atoms with E-state index >= 15 is 13.2 Å². The Morgan fingerprint density at radius 2 is 0.650 bits per heavy atom. The van der Waals surface area contributed by atoms with Crippen LogP contribution >= 0.6 is 0 Å². The van der Waals surface area contributed by atoms with Crippen LogP contribution in [0, 0.1) is 17.5 Å². The first-order chi connectivity index (χ1) is 29.3. The highest BCUT2D eigenvalue weighted by Crippen LogP contribution is 2.34. The summed E-state index contributed by atoms with van der Waals surface area (Å²) in [4.78, 5) is 14.0. The Bertz CT molecular complexity index is 2250. The lowest BCUT2D eigenvalue weighted by molar-refractivity contribution is 0.630. The van der Waals surface area contributed by atoms with Gasteiger partial charge in [0.15, 0.2) is 0 Å². The first-order valence-electron chi connectivity index (χ1n) is 21.7. The molecule has 60 heavy (non-hydrogen) atoms. The summed E-state index contributed by atoms with van der Waals surface area (Å²) in [5.74, 6) is -1.42. The molecule has 4 aliphatic rings. The van der Waals surface area contributed by atoms with Crippen molar-refractivity contribution >= 4 is 35.7 Å². The third-order valence-electron chi connectivity index (χ3n) is 11.4. The van der Waals surface area contributed by atoms with Crippen LogP contribution < -0.4 is 0 Å². The van der Waals surface area contributed by atoms with Crippen molar-refractivity contribution in [3.05, 3.63) is 160 Å². The van der Waals surface area contributed by atoms with Crippen molar-refractivity contribution in [1.29, 1.82) is 0 Å². The van der Waals surface area contributed by atoms with E-state index in [4.69, 9.17) is 0 Å². The molecule has 6 aromatic rings. The molecule has 10 rings (SSSR count). The molecule has 6 heteroatoms. The average Bonchev–Trinajstić information content (AvgIpc) is 3.25. The van der Waals surface area contributed by atoms with E-state index in [-0.39, 0.29) is 17.1 Å². The van der Waals surface area contributed by atoms with Crippen LogP contribution in [0.3, 0.4) is 0 Å². The van der Waals surface area contributed by atoms with E-state index in [2.05, 4.69) is 72.1 Å². The predicted octanol–water partition coefficient (Wildman–Crippen LogP) is 15.9. The van der Waals surface area contributed by atoms with Crippen LogP contribution in [-0.2, 0) is 19.3 Å². The molecule has 0 unspecified atom stereocenters. The lowest BCUT2D eigenvalue weighted by atomic mass is 9.95. The number of benzene rings is 6. The summed E-state index contributed by atoms with van der Waals surface area (Å²) in [5.41, 5.74) is 10.7. The van der Waals surface area contributed by atoms with Crippen LogP contribution in [0.25, 0.3) is 33.4 Å². The van der Waals surface area contributed by atoms with E-state index in [0.29, 0.717) is 16.7 Å². The number of nitrogens with zero attached hydrogens (tertiary/aromatic N) is 3. The molecule has 0 saturated heterocycles. The summed E-state index contributed by atoms with van der Waals surface area (Å²) < 4.78 is 48.1. The van der Waals surface area contributed by atoms with Gasteiger partial charge in [0.05, 0.1) is 17.1 Å². The van der Waals surface area contributed by atoms with Gasteiger partial charge in [-0.25, -0.2) is 13.2 Å². The van der Waals surface area contributed by atoms with Gasteiger partial charge in [-0.1, -0.05) is 114 Å². The highest BCUT2D eigenvalue weighted by molar-refractivity contribution is 5.95. The Morgan fingerprint density at radius 1 is 0.350 bits per heavy atom. The summed E-state index contributed by atoms with van der Waals surface area (Å²) >= 11 is 0.